The van der Waals surface area contributed by atoms with E-state index >= 15 is 0 Å². The molecule has 0 saturated carbocycles. The highest BCUT2D eigenvalue weighted by Gasteiger charge is 2.20. The lowest BCUT2D eigenvalue weighted by Crippen LogP contribution is -2.47. The van der Waals surface area contributed by atoms with Gasteiger partial charge in [-0.1, -0.05) is 13.3 Å². The van der Waals surface area contributed by atoms with Gasteiger partial charge in [0.15, 0.2) is 9.84 Å². The fourth-order valence-electron chi connectivity index (χ4n) is 2.59. The van der Waals surface area contributed by atoms with Gasteiger partial charge in [0.25, 0.3) is 0 Å². The van der Waals surface area contributed by atoms with Crippen molar-refractivity contribution in [3.8, 4) is 0 Å². The van der Waals surface area contributed by atoms with Crippen molar-refractivity contribution in [1.82, 2.24) is 10.2 Å². The Kier molecular flexibility index (Phi) is 7.32. The van der Waals surface area contributed by atoms with Gasteiger partial charge in [0.05, 0.1) is 5.75 Å². The normalized spacial score (nSPS) is 21.2. The molecule has 1 atom stereocenters. The number of sulfone groups is 1. The summed E-state index contributed by atoms with van der Waals surface area (Å²) in [6.07, 6.45) is 4.49. The first kappa shape index (κ1) is 16.9. The Morgan fingerprint density at radius 1 is 1.26 bits per heavy atom. The van der Waals surface area contributed by atoms with Gasteiger partial charge in [-0.3, -0.25) is 4.90 Å². The van der Waals surface area contributed by atoms with Crippen molar-refractivity contribution in [3.05, 3.63) is 0 Å². The van der Waals surface area contributed by atoms with Gasteiger partial charge in [0.1, 0.15) is 0 Å². The maximum Gasteiger partial charge on any atom is 0.151 e. The highest BCUT2D eigenvalue weighted by molar-refractivity contribution is 7.91. The molecule has 1 fully saturated rings. The Morgan fingerprint density at radius 2 is 2.00 bits per heavy atom. The zero-order valence-corrected chi connectivity index (χ0v) is 13.5. The van der Waals surface area contributed by atoms with E-state index in [1.165, 1.54) is 19.3 Å². The smallest absolute Gasteiger partial charge is 0.151 e. The van der Waals surface area contributed by atoms with Gasteiger partial charge < -0.3 is 5.32 Å². The van der Waals surface area contributed by atoms with Gasteiger partial charge in [0.2, 0.25) is 0 Å². The SMILES string of the molecule is CCCS(=O)(=O)CCN(CC1CCCCN1)C(C)C. The summed E-state index contributed by atoms with van der Waals surface area (Å²) in [7, 11) is -2.86. The van der Waals surface area contributed by atoms with Crippen LogP contribution in [0, 0.1) is 0 Å². The van der Waals surface area contributed by atoms with Crippen molar-refractivity contribution in [1.29, 1.82) is 0 Å². The number of piperidine rings is 1. The molecule has 0 aliphatic carbocycles. The Labute approximate surface area is 118 Å². The zero-order chi connectivity index (χ0) is 14.3. The maximum absolute atomic E-state index is 11.8. The third-order valence-electron chi connectivity index (χ3n) is 3.80. The molecule has 1 saturated heterocycles. The van der Waals surface area contributed by atoms with Crippen LogP contribution in [-0.4, -0.2) is 56.5 Å². The lowest BCUT2D eigenvalue weighted by atomic mass is 10.0. The third-order valence-corrected chi connectivity index (χ3v) is 5.64. The molecule has 0 bridgehead atoms. The summed E-state index contributed by atoms with van der Waals surface area (Å²) in [5.41, 5.74) is 0. The number of hydrogen-bond acceptors (Lipinski definition) is 4. The van der Waals surface area contributed by atoms with Gasteiger partial charge >= 0.3 is 0 Å². The molecule has 1 heterocycles. The maximum atomic E-state index is 11.8. The van der Waals surface area contributed by atoms with Crippen molar-refractivity contribution in [3.63, 3.8) is 0 Å². The fourth-order valence-corrected chi connectivity index (χ4v) is 3.93. The molecule has 0 aromatic carbocycles. The summed E-state index contributed by atoms with van der Waals surface area (Å²) in [5.74, 6) is 0.617. The summed E-state index contributed by atoms with van der Waals surface area (Å²) in [6.45, 7) is 8.95. The summed E-state index contributed by atoms with van der Waals surface area (Å²) in [4.78, 5) is 2.30. The molecule has 1 unspecified atom stereocenters. The lowest BCUT2D eigenvalue weighted by molar-refractivity contribution is 0.194. The van der Waals surface area contributed by atoms with E-state index in [-0.39, 0.29) is 0 Å². The second-order valence-corrected chi connectivity index (χ2v) is 8.19. The predicted molar refractivity (Wildman–Crippen MR) is 81.3 cm³/mol. The number of rotatable bonds is 8. The molecule has 1 N–H and O–H groups in total. The number of nitrogens with one attached hydrogen (secondary N) is 1. The Morgan fingerprint density at radius 3 is 2.53 bits per heavy atom. The Hall–Kier alpha value is -0.130. The number of hydrogen-bond donors (Lipinski definition) is 1. The van der Waals surface area contributed by atoms with Crippen molar-refractivity contribution in [2.75, 3.05) is 31.1 Å². The zero-order valence-electron chi connectivity index (χ0n) is 12.7. The molecule has 19 heavy (non-hydrogen) atoms. The van der Waals surface area contributed by atoms with Crippen LogP contribution in [-0.2, 0) is 9.84 Å². The Balaban J connectivity index is 2.44. The summed E-state index contributed by atoms with van der Waals surface area (Å²) in [5, 5.41) is 3.54. The lowest BCUT2D eigenvalue weighted by Gasteiger charge is -2.33. The summed E-state index contributed by atoms with van der Waals surface area (Å²) in [6, 6.07) is 0.936. The van der Waals surface area contributed by atoms with E-state index in [1.54, 1.807) is 0 Å². The van der Waals surface area contributed by atoms with Crippen LogP contribution in [0.4, 0.5) is 0 Å². The monoisotopic (exact) mass is 290 g/mol. The second kappa shape index (κ2) is 8.22. The van der Waals surface area contributed by atoms with Gasteiger partial charge in [0, 0.05) is 30.9 Å². The largest absolute Gasteiger partial charge is 0.313 e. The molecule has 0 radical (unpaired) electrons. The third kappa shape index (κ3) is 6.72. The van der Waals surface area contributed by atoms with Crippen molar-refractivity contribution in [2.24, 2.45) is 0 Å². The molecular weight excluding hydrogens is 260 g/mol. The van der Waals surface area contributed by atoms with Crippen LogP contribution in [0.15, 0.2) is 0 Å². The Bertz CT molecular complexity index is 335. The van der Waals surface area contributed by atoms with E-state index in [1.807, 2.05) is 6.92 Å². The van der Waals surface area contributed by atoms with Crippen LogP contribution in [0.1, 0.15) is 46.5 Å². The minimum absolute atomic E-state index is 0.297. The summed E-state index contributed by atoms with van der Waals surface area (Å²) >= 11 is 0. The first-order valence-corrected chi connectivity index (χ1v) is 9.44. The second-order valence-electron chi connectivity index (χ2n) is 5.89. The number of nitrogens with zero attached hydrogens (tertiary/aromatic N) is 1. The van der Waals surface area contributed by atoms with Crippen LogP contribution < -0.4 is 5.32 Å². The van der Waals surface area contributed by atoms with Crippen LogP contribution in [0.25, 0.3) is 0 Å². The van der Waals surface area contributed by atoms with Gasteiger partial charge in [-0.2, -0.15) is 0 Å². The first-order valence-electron chi connectivity index (χ1n) is 7.62. The van der Waals surface area contributed by atoms with Crippen LogP contribution in [0.5, 0.6) is 0 Å². The average molecular weight is 290 g/mol. The molecule has 0 spiro atoms. The molecule has 4 nitrogen and oxygen atoms in total. The van der Waals surface area contributed by atoms with E-state index in [4.69, 9.17) is 0 Å². The quantitative estimate of drug-likeness (QED) is 0.739. The summed E-state index contributed by atoms with van der Waals surface area (Å²) < 4.78 is 23.6. The highest BCUT2D eigenvalue weighted by Crippen LogP contribution is 2.10. The van der Waals surface area contributed by atoms with E-state index in [2.05, 4.69) is 24.1 Å². The minimum Gasteiger partial charge on any atom is -0.313 e. The van der Waals surface area contributed by atoms with Crippen LogP contribution >= 0.6 is 0 Å². The van der Waals surface area contributed by atoms with E-state index in [0.29, 0.717) is 36.6 Å². The van der Waals surface area contributed by atoms with E-state index < -0.39 is 9.84 Å². The van der Waals surface area contributed by atoms with E-state index in [0.717, 1.165) is 13.1 Å². The fraction of sp³-hybridized carbons (Fsp3) is 1.00. The van der Waals surface area contributed by atoms with Crippen molar-refractivity contribution >= 4 is 9.84 Å². The molecular formula is C14H30N2O2S. The van der Waals surface area contributed by atoms with Gasteiger partial charge in [-0.05, 0) is 39.7 Å². The standard InChI is InChI=1S/C14H30N2O2S/c1-4-10-19(17,18)11-9-16(13(2)3)12-14-7-5-6-8-15-14/h13-15H,4-12H2,1-3H3. The molecule has 1 rings (SSSR count). The van der Waals surface area contributed by atoms with E-state index in [9.17, 15) is 8.42 Å². The average Bonchev–Trinajstić information content (AvgIpc) is 2.35. The minimum atomic E-state index is -2.86. The highest BCUT2D eigenvalue weighted by atomic mass is 32.2. The molecule has 0 aromatic rings. The predicted octanol–water partition coefficient (Wildman–Crippen LogP) is 1.66. The van der Waals surface area contributed by atoms with Gasteiger partial charge in [-0.15, -0.1) is 0 Å². The van der Waals surface area contributed by atoms with Crippen LogP contribution in [0.3, 0.4) is 0 Å². The van der Waals surface area contributed by atoms with Gasteiger partial charge in [-0.25, -0.2) is 8.42 Å². The first-order chi connectivity index (χ1) is 8.94. The van der Waals surface area contributed by atoms with Crippen molar-refractivity contribution < 1.29 is 8.42 Å². The van der Waals surface area contributed by atoms with Crippen molar-refractivity contribution in [2.45, 2.75) is 58.5 Å². The molecule has 0 amide bonds. The molecule has 0 aromatic heterocycles. The molecule has 5 heteroatoms. The topological polar surface area (TPSA) is 49.4 Å². The van der Waals surface area contributed by atoms with Crippen LogP contribution in [0.2, 0.25) is 0 Å². The molecule has 114 valence electrons. The molecule has 1 aliphatic heterocycles. The molecule has 1 aliphatic rings.